The van der Waals surface area contributed by atoms with Gasteiger partial charge in [-0.25, -0.2) is 4.98 Å². The summed E-state index contributed by atoms with van der Waals surface area (Å²) in [5.74, 6) is 1.73. The Morgan fingerprint density at radius 1 is 1.44 bits per heavy atom. The molecule has 1 aromatic rings. The molecule has 1 aromatic heterocycles. The second-order valence-corrected chi connectivity index (χ2v) is 5.94. The van der Waals surface area contributed by atoms with Crippen LogP contribution in [0.4, 0.5) is 5.82 Å². The first-order valence-corrected chi connectivity index (χ1v) is 6.90. The minimum Gasteiger partial charge on any atom is -0.357 e. The first-order chi connectivity index (χ1) is 7.66. The van der Waals surface area contributed by atoms with Gasteiger partial charge in [-0.05, 0) is 53.7 Å². The smallest absolute Gasteiger partial charge is 0.128 e. The Hall–Kier alpha value is -0.280. The summed E-state index contributed by atoms with van der Waals surface area (Å²) in [6.45, 7) is 4.23. The zero-order valence-electron chi connectivity index (χ0n) is 9.37. The molecule has 2 rings (SSSR count). The van der Waals surface area contributed by atoms with Crippen LogP contribution in [0.25, 0.3) is 0 Å². The molecule has 2 nitrogen and oxygen atoms in total. The molecular weight excluding hydrogens is 288 g/mol. The monoisotopic (exact) mass is 302 g/mol. The van der Waals surface area contributed by atoms with E-state index in [0.29, 0.717) is 11.3 Å². The van der Waals surface area contributed by atoms with Gasteiger partial charge in [-0.3, -0.25) is 0 Å². The molecule has 0 radical (unpaired) electrons. The maximum Gasteiger partial charge on any atom is 0.128 e. The SMILES string of the molecule is CC(Cl)C1CCN(c2ccc(Br)cn2)CC1. The minimum absolute atomic E-state index is 0.292. The second-order valence-electron chi connectivity index (χ2n) is 4.34. The lowest BCUT2D eigenvalue weighted by Crippen LogP contribution is -2.36. The number of halogens is 2. The van der Waals surface area contributed by atoms with Crippen LogP contribution in [0.5, 0.6) is 0 Å². The summed E-state index contributed by atoms with van der Waals surface area (Å²) in [6, 6.07) is 4.10. The minimum atomic E-state index is 0.292. The summed E-state index contributed by atoms with van der Waals surface area (Å²) in [7, 11) is 0. The number of piperidine rings is 1. The van der Waals surface area contributed by atoms with Crippen LogP contribution in [0, 0.1) is 5.92 Å². The maximum atomic E-state index is 6.13. The largest absolute Gasteiger partial charge is 0.357 e. The van der Waals surface area contributed by atoms with E-state index in [1.54, 1.807) is 0 Å². The number of rotatable bonds is 2. The van der Waals surface area contributed by atoms with Gasteiger partial charge in [0.15, 0.2) is 0 Å². The molecule has 0 amide bonds. The van der Waals surface area contributed by atoms with Gasteiger partial charge in [-0.2, -0.15) is 0 Å². The van der Waals surface area contributed by atoms with Crippen molar-refractivity contribution in [1.29, 1.82) is 0 Å². The average molecular weight is 304 g/mol. The highest BCUT2D eigenvalue weighted by molar-refractivity contribution is 9.10. The van der Waals surface area contributed by atoms with E-state index in [1.165, 1.54) is 12.8 Å². The van der Waals surface area contributed by atoms with Gasteiger partial charge in [0.1, 0.15) is 5.82 Å². The van der Waals surface area contributed by atoms with Crippen LogP contribution >= 0.6 is 27.5 Å². The third-order valence-corrected chi connectivity index (χ3v) is 4.05. The highest BCUT2D eigenvalue weighted by atomic mass is 79.9. The lowest BCUT2D eigenvalue weighted by molar-refractivity contribution is 0.399. The summed E-state index contributed by atoms with van der Waals surface area (Å²) in [6.07, 6.45) is 4.19. The van der Waals surface area contributed by atoms with Crippen molar-refractivity contribution in [3.8, 4) is 0 Å². The molecule has 4 heteroatoms. The zero-order valence-corrected chi connectivity index (χ0v) is 11.7. The Labute approximate surface area is 110 Å². The molecule has 16 heavy (non-hydrogen) atoms. The molecule has 2 heterocycles. The summed E-state index contributed by atoms with van der Waals surface area (Å²) in [5, 5.41) is 0.292. The van der Waals surface area contributed by atoms with Gasteiger partial charge in [0.2, 0.25) is 0 Å². The van der Waals surface area contributed by atoms with Crippen molar-refractivity contribution in [3.05, 3.63) is 22.8 Å². The van der Waals surface area contributed by atoms with E-state index >= 15 is 0 Å². The number of pyridine rings is 1. The van der Waals surface area contributed by atoms with Crippen LogP contribution < -0.4 is 4.90 Å². The summed E-state index contributed by atoms with van der Waals surface area (Å²) >= 11 is 9.53. The lowest BCUT2D eigenvalue weighted by atomic mass is 9.94. The molecule has 0 bridgehead atoms. The van der Waals surface area contributed by atoms with E-state index in [9.17, 15) is 0 Å². The molecule has 0 spiro atoms. The molecule has 88 valence electrons. The Kier molecular flexibility index (Phi) is 4.09. The first-order valence-electron chi connectivity index (χ1n) is 5.67. The molecular formula is C12H16BrClN2. The number of anilines is 1. The van der Waals surface area contributed by atoms with E-state index < -0.39 is 0 Å². The fraction of sp³-hybridized carbons (Fsp3) is 0.583. The van der Waals surface area contributed by atoms with Crippen LogP contribution in [0.3, 0.4) is 0 Å². The van der Waals surface area contributed by atoms with Crippen molar-refractivity contribution in [2.75, 3.05) is 18.0 Å². The van der Waals surface area contributed by atoms with Gasteiger partial charge in [-0.15, -0.1) is 11.6 Å². The maximum absolute atomic E-state index is 6.13. The molecule has 1 aliphatic rings. The van der Waals surface area contributed by atoms with E-state index in [0.717, 1.165) is 23.4 Å². The van der Waals surface area contributed by atoms with Gasteiger partial charge in [0, 0.05) is 29.1 Å². The summed E-state index contributed by atoms with van der Waals surface area (Å²) in [5.41, 5.74) is 0. The highest BCUT2D eigenvalue weighted by Gasteiger charge is 2.23. The van der Waals surface area contributed by atoms with E-state index in [1.807, 2.05) is 12.3 Å². The van der Waals surface area contributed by atoms with Crippen molar-refractivity contribution in [2.45, 2.75) is 25.1 Å². The van der Waals surface area contributed by atoms with Crippen molar-refractivity contribution < 1.29 is 0 Å². The molecule has 1 unspecified atom stereocenters. The molecule has 1 aliphatic heterocycles. The number of hydrogen-bond donors (Lipinski definition) is 0. The first kappa shape index (κ1) is 12.2. The topological polar surface area (TPSA) is 16.1 Å². The van der Waals surface area contributed by atoms with Crippen molar-refractivity contribution in [2.24, 2.45) is 5.92 Å². The van der Waals surface area contributed by atoms with E-state index in [4.69, 9.17) is 11.6 Å². The van der Waals surface area contributed by atoms with Gasteiger partial charge in [0.25, 0.3) is 0 Å². The molecule has 0 N–H and O–H groups in total. The number of hydrogen-bond acceptors (Lipinski definition) is 2. The molecule has 1 fully saturated rings. The highest BCUT2D eigenvalue weighted by Crippen LogP contribution is 2.26. The van der Waals surface area contributed by atoms with Crippen LogP contribution in [0.15, 0.2) is 22.8 Å². The van der Waals surface area contributed by atoms with E-state index in [-0.39, 0.29) is 0 Å². The molecule has 1 saturated heterocycles. The van der Waals surface area contributed by atoms with Gasteiger partial charge in [0.05, 0.1) is 0 Å². The average Bonchev–Trinajstić information content (AvgIpc) is 2.30. The molecule has 0 aliphatic carbocycles. The zero-order chi connectivity index (χ0) is 11.5. The second kappa shape index (κ2) is 5.37. The molecule has 0 saturated carbocycles. The van der Waals surface area contributed by atoms with Gasteiger partial charge in [-0.1, -0.05) is 0 Å². The van der Waals surface area contributed by atoms with Crippen molar-refractivity contribution >= 4 is 33.3 Å². The number of aromatic nitrogens is 1. The quantitative estimate of drug-likeness (QED) is 0.775. The summed E-state index contributed by atoms with van der Waals surface area (Å²) < 4.78 is 1.03. The fourth-order valence-electron chi connectivity index (χ4n) is 2.14. The molecule has 0 aromatic carbocycles. The van der Waals surface area contributed by atoms with Crippen LogP contribution in [-0.2, 0) is 0 Å². The number of alkyl halides is 1. The predicted molar refractivity (Wildman–Crippen MR) is 72.2 cm³/mol. The summed E-state index contributed by atoms with van der Waals surface area (Å²) in [4.78, 5) is 6.75. The van der Waals surface area contributed by atoms with E-state index in [2.05, 4.69) is 38.8 Å². The third kappa shape index (κ3) is 2.89. The Morgan fingerprint density at radius 3 is 2.62 bits per heavy atom. The van der Waals surface area contributed by atoms with Crippen molar-refractivity contribution in [1.82, 2.24) is 4.98 Å². The Balaban J connectivity index is 1.96. The Morgan fingerprint density at radius 2 is 2.12 bits per heavy atom. The standard InChI is InChI=1S/C12H16BrClN2/c1-9(14)10-4-6-16(7-5-10)12-3-2-11(13)8-15-12/h2-3,8-10H,4-7H2,1H3. The third-order valence-electron chi connectivity index (χ3n) is 3.22. The van der Waals surface area contributed by atoms with Gasteiger partial charge < -0.3 is 4.90 Å². The number of nitrogens with zero attached hydrogens (tertiary/aromatic N) is 2. The van der Waals surface area contributed by atoms with Crippen molar-refractivity contribution in [3.63, 3.8) is 0 Å². The predicted octanol–water partition coefficient (Wildman–Crippen LogP) is 3.69. The lowest BCUT2D eigenvalue weighted by Gasteiger charge is -2.33. The Bertz CT molecular complexity index is 331. The van der Waals surface area contributed by atoms with Crippen LogP contribution in [0.2, 0.25) is 0 Å². The van der Waals surface area contributed by atoms with Gasteiger partial charge >= 0.3 is 0 Å². The molecule has 1 atom stereocenters. The van der Waals surface area contributed by atoms with Crippen LogP contribution in [-0.4, -0.2) is 23.5 Å². The fourth-order valence-corrected chi connectivity index (χ4v) is 2.63. The van der Waals surface area contributed by atoms with Crippen LogP contribution in [0.1, 0.15) is 19.8 Å². The normalized spacial score (nSPS) is 19.8.